The van der Waals surface area contributed by atoms with Crippen LogP contribution >= 0.6 is 11.6 Å². The molecule has 0 spiro atoms. The molecule has 0 aliphatic heterocycles. The molecule has 3 N–H and O–H groups in total. The van der Waals surface area contributed by atoms with E-state index in [0.29, 0.717) is 0 Å². The standard InChI is InChI=1S/C14H18ClF3N2O2/c1-13(2,3)22-7-11(19)12(21)20-8-4-5-10(15)9(6-8)14(16,17)18/h4-6,11H,7,19H2,1-3H3,(H,20,21)/t11-/m0/s1. The van der Waals surface area contributed by atoms with E-state index in [0.717, 1.165) is 12.1 Å². The van der Waals surface area contributed by atoms with Crippen LogP contribution < -0.4 is 11.1 Å². The van der Waals surface area contributed by atoms with Crippen molar-refractivity contribution in [2.75, 3.05) is 11.9 Å². The zero-order valence-corrected chi connectivity index (χ0v) is 13.2. The number of rotatable bonds is 4. The molecule has 0 unspecified atom stereocenters. The molecule has 0 aliphatic rings. The number of amides is 1. The molecule has 0 bridgehead atoms. The van der Waals surface area contributed by atoms with Gasteiger partial charge in [-0.15, -0.1) is 0 Å². The lowest BCUT2D eigenvalue weighted by atomic mass is 10.1. The number of hydrogen-bond donors (Lipinski definition) is 2. The van der Waals surface area contributed by atoms with Gasteiger partial charge in [-0.25, -0.2) is 0 Å². The fourth-order valence-corrected chi connectivity index (χ4v) is 1.70. The first-order chi connectivity index (χ1) is 9.90. The summed E-state index contributed by atoms with van der Waals surface area (Å²) in [5.74, 6) is -0.639. The average molecular weight is 339 g/mol. The van der Waals surface area contributed by atoms with E-state index in [9.17, 15) is 18.0 Å². The number of nitrogens with one attached hydrogen (secondary N) is 1. The van der Waals surface area contributed by atoms with E-state index in [1.807, 2.05) is 0 Å². The van der Waals surface area contributed by atoms with Gasteiger partial charge in [-0.05, 0) is 39.0 Å². The third kappa shape index (κ3) is 5.82. The van der Waals surface area contributed by atoms with Crippen molar-refractivity contribution in [3.05, 3.63) is 28.8 Å². The SMILES string of the molecule is CC(C)(C)OC[C@H](N)C(=O)Nc1ccc(Cl)c(C(F)(F)F)c1. The molecule has 1 amide bonds. The molecule has 22 heavy (non-hydrogen) atoms. The highest BCUT2D eigenvalue weighted by Gasteiger charge is 2.33. The number of ether oxygens (including phenoxy) is 1. The molecule has 1 aromatic carbocycles. The molecule has 0 aliphatic carbocycles. The van der Waals surface area contributed by atoms with Crippen LogP contribution in [0, 0.1) is 0 Å². The molecular weight excluding hydrogens is 321 g/mol. The molecule has 1 aromatic rings. The van der Waals surface area contributed by atoms with Gasteiger partial charge in [0.2, 0.25) is 5.91 Å². The summed E-state index contributed by atoms with van der Waals surface area (Å²) in [7, 11) is 0. The zero-order chi connectivity index (χ0) is 17.1. The second-order valence-electron chi connectivity index (χ2n) is 5.71. The molecule has 8 heteroatoms. The van der Waals surface area contributed by atoms with Gasteiger partial charge in [0.1, 0.15) is 6.04 Å². The van der Waals surface area contributed by atoms with Crippen LogP contribution in [0.3, 0.4) is 0 Å². The third-order valence-electron chi connectivity index (χ3n) is 2.57. The molecular formula is C14H18ClF3N2O2. The number of carbonyl (C=O) groups is 1. The van der Waals surface area contributed by atoms with Gasteiger partial charge < -0.3 is 15.8 Å². The van der Waals surface area contributed by atoms with Gasteiger partial charge in [0, 0.05) is 5.69 Å². The van der Waals surface area contributed by atoms with E-state index in [1.165, 1.54) is 6.07 Å². The Labute approximate surface area is 131 Å². The summed E-state index contributed by atoms with van der Waals surface area (Å²) in [4.78, 5) is 11.8. The Morgan fingerprint density at radius 3 is 2.45 bits per heavy atom. The van der Waals surface area contributed by atoms with Crippen molar-refractivity contribution >= 4 is 23.2 Å². The fourth-order valence-electron chi connectivity index (χ4n) is 1.47. The van der Waals surface area contributed by atoms with E-state index in [1.54, 1.807) is 20.8 Å². The lowest BCUT2D eigenvalue weighted by Gasteiger charge is -2.22. The van der Waals surface area contributed by atoms with Crippen LogP contribution in [0.25, 0.3) is 0 Å². The van der Waals surface area contributed by atoms with Gasteiger partial charge in [-0.2, -0.15) is 13.2 Å². The fraction of sp³-hybridized carbons (Fsp3) is 0.500. The first-order valence-electron chi connectivity index (χ1n) is 6.47. The van der Waals surface area contributed by atoms with E-state index >= 15 is 0 Å². The van der Waals surface area contributed by atoms with E-state index < -0.39 is 34.3 Å². The number of nitrogens with two attached hydrogens (primary N) is 1. The number of halogens is 4. The van der Waals surface area contributed by atoms with E-state index in [-0.39, 0.29) is 12.3 Å². The highest BCUT2D eigenvalue weighted by Crippen LogP contribution is 2.36. The minimum atomic E-state index is -4.60. The highest BCUT2D eigenvalue weighted by atomic mass is 35.5. The maximum absolute atomic E-state index is 12.7. The van der Waals surface area contributed by atoms with Crippen molar-refractivity contribution < 1.29 is 22.7 Å². The van der Waals surface area contributed by atoms with Crippen LogP contribution in [0.2, 0.25) is 5.02 Å². The van der Waals surface area contributed by atoms with Crippen LogP contribution in [-0.4, -0.2) is 24.2 Å². The lowest BCUT2D eigenvalue weighted by Crippen LogP contribution is -2.41. The second kappa shape index (κ2) is 6.85. The quantitative estimate of drug-likeness (QED) is 0.884. The predicted octanol–water partition coefficient (Wildman–Crippen LogP) is 3.44. The summed E-state index contributed by atoms with van der Waals surface area (Å²) in [6.45, 7) is 5.35. The summed E-state index contributed by atoms with van der Waals surface area (Å²) in [6, 6.07) is 2.10. The predicted molar refractivity (Wildman–Crippen MR) is 78.8 cm³/mol. The Kier molecular flexibility index (Phi) is 5.83. The molecule has 0 fully saturated rings. The molecule has 0 aromatic heterocycles. The maximum Gasteiger partial charge on any atom is 0.417 e. The number of hydrogen-bond acceptors (Lipinski definition) is 3. The normalized spacial score (nSPS) is 13.8. The number of anilines is 1. The topological polar surface area (TPSA) is 64.3 Å². The Balaban J connectivity index is 2.76. The van der Waals surface area contributed by atoms with Crippen molar-refractivity contribution in [3.63, 3.8) is 0 Å². The van der Waals surface area contributed by atoms with Crippen LogP contribution in [0.5, 0.6) is 0 Å². The van der Waals surface area contributed by atoms with Gasteiger partial charge in [-0.3, -0.25) is 4.79 Å². The minimum Gasteiger partial charge on any atom is -0.374 e. The van der Waals surface area contributed by atoms with Crippen molar-refractivity contribution in [1.82, 2.24) is 0 Å². The highest BCUT2D eigenvalue weighted by molar-refractivity contribution is 6.31. The second-order valence-corrected chi connectivity index (χ2v) is 6.12. The van der Waals surface area contributed by atoms with E-state index in [4.69, 9.17) is 22.1 Å². The van der Waals surface area contributed by atoms with Crippen molar-refractivity contribution in [2.45, 2.75) is 38.6 Å². The number of benzene rings is 1. The molecule has 0 saturated carbocycles. The van der Waals surface area contributed by atoms with Crippen LogP contribution in [0.15, 0.2) is 18.2 Å². The van der Waals surface area contributed by atoms with Crippen LogP contribution in [-0.2, 0) is 15.7 Å². The van der Waals surface area contributed by atoms with Gasteiger partial charge in [0.05, 0.1) is 22.8 Å². The Hall–Kier alpha value is -1.31. The summed E-state index contributed by atoms with van der Waals surface area (Å²) in [6.07, 6.45) is -4.60. The molecule has 0 radical (unpaired) electrons. The van der Waals surface area contributed by atoms with Crippen LogP contribution in [0.4, 0.5) is 18.9 Å². The lowest BCUT2D eigenvalue weighted by molar-refractivity contribution is -0.137. The summed E-state index contributed by atoms with van der Waals surface area (Å²) < 4.78 is 43.6. The van der Waals surface area contributed by atoms with Crippen molar-refractivity contribution in [2.24, 2.45) is 5.73 Å². The number of alkyl halides is 3. The summed E-state index contributed by atoms with van der Waals surface area (Å²) in [5, 5.41) is 1.88. The Bertz CT molecular complexity index is 542. The van der Waals surface area contributed by atoms with Gasteiger partial charge in [0.25, 0.3) is 0 Å². The van der Waals surface area contributed by atoms with Crippen molar-refractivity contribution in [1.29, 1.82) is 0 Å². The largest absolute Gasteiger partial charge is 0.417 e. The first kappa shape index (κ1) is 18.7. The monoisotopic (exact) mass is 338 g/mol. The minimum absolute atomic E-state index is 0.0343. The van der Waals surface area contributed by atoms with E-state index in [2.05, 4.69) is 5.32 Å². The number of carbonyl (C=O) groups excluding carboxylic acids is 1. The third-order valence-corrected chi connectivity index (χ3v) is 2.90. The zero-order valence-electron chi connectivity index (χ0n) is 12.4. The Morgan fingerprint density at radius 2 is 1.95 bits per heavy atom. The van der Waals surface area contributed by atoms with Gasteiger partial charge in [-0.1, -0.05) is 11.6 Å². The smallest absolute Gasteiger partial charge is 0.374 e. The van der Waals surface area contributed by atoms with Gasteiger partial charge in [0.15, 0.2) is 0 Å². The van der Waals surface area contributed by atoms with Gasteiger partial charge >= 0.3 is 6.18 Å². The first-order valence-corrected chi connectivity index (χ1v) is 6.85. The molecule has 4 nitrogen and oxygen atoms in total. The summed E-state index contributed by atoms with van der Waals surface area (Å²) in [5.41, 5.74) is 4.11. The molecule has 124 valence electrons. The molecule has 0 saturated heterocycles. The van der Waals surface area contributed by atoms with Crippen molar-refractivity contribution in [3.8, 4) is 0 Å². The Morgan fingerprint density at radius 1 is 1.36 bits per heavy atom. The molecule has 0 heterocycles. The molecule has 1 rings (SSSR count). The van der Waals surface area contributed by atoms with Crippen LogP contribution in [0.1, 0.15) is 26.3 Å². The summed E-state index contributed by atoms with van der Waals surface area (Å²) >= 11 is 5.50. The maximum atomic E-state index is 12.7. The average Bonchev–Trinajstić information content (AvgIpc) is 2.35. The molecule has 1 atom stereocenters.